The second-order valence-electron chi connectivity index (χ2n) is 4.61. The average molecular weight is 307 g/mol. The predicted molar refractivity (Wildman–Crippen MR) is 82.8 cm³/mol. The lowest BCUT2D eigenvalue weighted by Gasteiger charge is -2.13. The van der Waals surface area contributed by atoms with E-state index in [1.54, 1.807) is 18.2 Å². The molecule has 0 bridgehead atoms. The Morgan fingerprint density at radius 2 is 1.80 bits per heavy atom. The number of carbonyl (C=O) groups is 1. The summed E-state index contributed by atoms with van der Waals surface area (Å²) in [6.07, 6.45) is 0. The normalized spacial score (nSPS) is 16.4. The summed E-state index contributed by atoms with van der Waals surface area (Å²) in [5, 5.41) is 6.91. The van der Waals surface area contributed by atoms with Gasteiger partial charge in [-0.1, -0.05) is 47.5 Å². The Balaban J connectivity index is 1.85. The summed E-state index contributed by atoms with van der Waals surface area (Å²) in [6.45, 7) is 0.577. The lowest BCUT2D eigenvalue weighted by molar-refractivity contribution is -0.117. The van der Waals surface area contributed by atoms with Gasteiger partial charge in [-0.3, -0.25) is 4.79 Å². The summed E-state index contributed by atoms with van der Waals surface area (Å²) >= 11 is 12.1. The summed E-state index contributed by atoms with van der Waals surface area (Å²) in [5.41, 5.74) is 2.45. The van der Waals surface area contributed by atoms with Crippen LogP contribution in [0.2, 0.25) is 10.0 Å². The molecule has 0 radical (unpaired) electrons. The van der Waals surface area contributed by atoms with Crippen molar-refractivity contribution in [3.8, 4) is 0 Å². The van der Waals surface area contributed by atoms with Gasteiger partial charge in [0, 0.05) is 12.2 Å². The number of rotatable bonds is 2. The van der Waals surface area contributed by atoms with Crippen LogP contribution in [0.15, 0.2) is 42.5 Å². The van der Waals surface area contributed by atoms with Crippen molar-refractivity contribution in [1.82, 2.24) is 0 Å². The van der Waals surface area contributed by atoms with Crippen LogP contribution in [0.1, 0.15) is 11.5 Å². The molecule has 1 heterocycles. The Bertz CT molecular complexity index is 652. The Labute approximate surface area is 126 Å². The molecule has 2 aromatic rings. The third kappa shape index (κ3) is 2.35. The van der Waals surface area contributed by atoms with Gasteiger partial charge in [-0.25, -0.2) is 0 Å². The number of benzene rings is 2. The topological polar surface area (TPSA) is 41.1 Å². The van der Waals surface area contributed by atoms with Gasteiger partial charge in [-0.15, -0.1) is 0 Å². The molecule has 3 rings (SSSR count). The van der Waals surface area contributed by atoms with Crippen molar-refractivity contribution in [1.29, 1.82) is 0 Å². The van der Waals surface area contributed by atoms with Crippen molar-refractivity contribution in [3.63, 3.8) is 0 Å². The number of anilines is 2. The third-order valence-electron chi connectivity index (χ3n) is 3.36. The molecule has 0 spiro atoms. The van der Waals surface area contributed by atoms with Crippen LogP contribution in [0.5, 0.6) is 0 Å². The second-order valence-corrected chi connectivity index (χ2v) is 5.42. The van der Waals surface area contributed by atoms with E-state index in [-0.39, 0.29) is 11.8 Å². The molecular weight excluding hydrogens is 295 g/mol. The smallest absolute Gasteiger partial charge is 0.233 e. The average Bonchev–Trinajstić information content (AvgIpc) is 2.87. The van der Waals surface area contributed by atoms with Crippen LogP contribution >= 0.6 is 23.2 Å². The standard InChI is InChI=1S/C15H12Cl2N2O/c16-11-5-3-6-12(17)14(11)19-15(20)10-8-18-13-7-2-1-4-9(10)13/h1-7,10,18H,8H2,(H,19,20). The maximum Gasteiger partial charge on any atom is 0.233 e. The van der Waals surface area contributed by atoms with E-state index in [1.807, 2.05) is 24.3 Å². The third-order valence-corrected chi connectivity index (χ3v) is 3.99. The highest BCUT2D eigenvalue weighted by molar-refractivity contribution is 6.39. The molecule has 5 heteroatoms. The summed E-state index contributed by atoms with van der Waals surface area (Å²) in [5.74, 6) is -0.351. The van der Waals surface area contributed by atoms with Gasteiger partial charge in [-0.2, -0.15) is 0 Å². The molecule has 0 saturated carbocycles. The fourth-order valence-electron chi connectivity index (χ4n) is 2.35. The molecule has 1 amide bonds. The molecule has 1 aliphatic rings. The molecule has 0 aliphatic carbocycles. The van der Waals surface area contributed by atoms with E-state index in [9.17, 15) is 4.79 Å². The van der Waals surface area contributed by atoms with Gasteiger partial charge in [0.2, 0.25) is 5.91 Å². The SMILES string of the molecule is O=C(Nc1c(Cl)cccc1Cl)C1CNc2ccccc21. The largest absolute Gasteiger partial charge is 0.384 e. The number of hydrogen-bond acceptors (Lipinski definition) is 2. The van der Waals surface area contributed by atoms with E-state index >= 15 is 0 Å². The van der Waals surface area contributed by atoms with E-state index in [0.29, 0.717) is 22.3 Å². The Morgan fingerprint density at radius 1 is 1.10 bits per heavy atom. The van der Waals surface area contributed by atoms with Crippen LogP contribution in [0.3, 0.4) is 0 Å². The number of halogens is 2. The molecule has 1 aliphatic heterocycles. The molecule has 3 nitrogen and oxygen atoms in total. The summed E-state index contributed by atoms with van der Waals surface area (Å²) in [6, 6.07) is 12.9. The fourth-order valence-corrected chi connectivity index (χ4v) is 2.84. The van der Waals surface area contributed by atoms with Gasteiger partial charge in [0.25, 0.3) is 0 Å². The monoisotopic (exact) mass is 306 g/mol. The van der Waals surface area contributed by atoms with Crippen LogP contribution in [-0.4, -0.2) is 12.5 Å². The van der Waals surface area contributed by atoms with Gasteiger partial charge in [0.15, 0.2) is 0 Å². The predicted octanol–water partition coefficient (Wildman–Crippen LogP) is 4.14. The van der Waals surface area contributed by atoms with Crippen LogP contribution in [0.25, 0.3) is 0 Å². The molecule has 2 aromatic carbocycles. The van der Waals surface area contributed by atoms with Crippen molar-refractivity contribution in [2.75, 3.05) is 17.2 Å². The Morgan fingerprint density at radius 3 is 2.55 bits per heavy atom. The first-order valence-electron chi connectivity index (χ1n) is 6.24. The fraction of sp³-hybridized carbons (Fsp3) is 0.133. The quantitative estimate of drug-likeness (QED) is 0.875. The molecule has 0 aromatic heterocycles. The first-order valence-corrected chi connectivity index (χ1v) is 7.00. The van der Waals surface area contributed by atoms with E-state index in [2.05, 4.69) is 10.6 Å². The van der Waals surface area contributed by atoms with Crippen LogP contribution < -0.4 is 10.6 Å². The van der Waals surface area contributed by atoms with E-state index in [0.717, 1.165) is 11.3 Å². The minimum atomic E-state index is -0.237. The van der Waals surface area contributed by atoms with E-state index < -0.39 is 0 Å². The van der Waals surface area contributed by atoms with Gasteiger partial charge in [-0.05, 0) is 23.8 Å². The molecule has 0 saturated heterocycles. The summed E-state index contributed by atoms with van der Waals surface area (Å²) in [4.78, 5) is 12.4. The maximum atomic E-state index is 12.4. The van der Waals surface area contributed by atoms with Gasteiger partial charge >= 0.3 is 0 Å². The first kappa shape index (κ1) is 13.3. The van der Waals surface area contributed by atoms with Crippen molar-refractivity contribution in [3.05, 3.63) is 58.1 Å². The zero-order valence-corrected chi connectivity index (χ0v) is 12.0. The molecule has 20 heavy (non-hydrogen) atoms. The zero-order valence-electron chi connectivity index (χ0n) is 10.5. The molecule has 102 valence electrons. The van der Waals surface area contributed by atoms with Crippen molar-refractivity contribution >= 4 is 40.5 Å². The molecule has 0 fully saturated rings. The van der Waals surface area contributed by atoms with Crippen LogP contribution in [0, 0.1) is 0 Å². The summed E-state index contributed by atoms with van der Waals surface area (Å²) in [7, 11) is 0. The van der Waals surface area contributed by atoms with E-state index in [1.165, 1.54) is 0 Å². The highest BCUT2D eigenvalue weighted by Crippen LogP contribution is 2.34. The number of amides is 1. The maximum absolute atomic E-state index is 12.4. The number of fused-ring (bicyclic) bond motifs is 1. The minimum Gasteiger partial charge on any atom is -0.384 e. The molecule has 2 N–H and O–H groups in total. The molecular formula is C15H12Cl2N2O. The molecule has 1 atom stereocenters. The lowest BCUT2D eigenvalue weighted by Crippen LogP contribution is -2.22. The lowest BCUT2D eigenvalue weighted by atomic mass is 10.0. The first-order chi connectivity index (χ1) is 9.66. The highest BCUT2D eigenvalue weighted by Gasteiger charge is 2.28. The van der Waals surface area contributed by atoms with Crippen LogP contribution in [-0.2, 0) is 4.79 Å². The van der Waals surface area contributed by atoms with Gasteiger partial charge < -0.3 is 10.6 Å². The number of nitrogens with one attached hydrogen (secondary N) is 2. The highest BCUT2D eigenvalue weighted by atomic mass is 35.5. The van der Waals surface area contributed by atoms with Crippen LogP contribution in [0.4, 0.5) is 11.4 Å². The number of carbonyl (C=O) groups excluding carboxylic acids is 1. The van der Waals surface area contributed by atoms with Gasteiger partial charge in [0.05, 0.1) is 21.7 Å². The zero-order chi connectivity index (χ0) is 14.1. The Hall–Kier alpha value is -1.71. The number of hydrogen-bond donors (Lipinski definition) is 2. The molecule has 1 unspecified atom stereocenters. The van der Waals surface area contributed by atoms with E-state index in [4.69, 9.17) is 23.2 Å². The summed E-state index contributed by atoms with van der Waals surface area (Å²) < 4.78 is 0. The van der Waals surface area contributed by atoms with Crippen molar-refractivity contribution in [2.45, 2.75) is 5.92 Å². The minimum absolute atomic E-state index is 0.113. The number of para-hydroxylation sites is 2. The second kappa shape index (κ2) is 5.35. The van der Waals surface area contributed by atoms with Crippen molar-refractivity contribution in [2.24, 2.45) is 0 Å². The van der Waals surface area contributed by atoms with Gasteiger partial charge in [0.1, 0.15) is 0 Å². The van der Waals surface area contributed by atoms with Crippen molar-refractivity contribution < 1.29 is 4.79 Å². The Kier molecular flexibility index (Phi) is 3.55.